The highest BCUT2D eigenvalue weighted by Crippen LogP contribution is 2.36. The van der Waals surface area contributed by atoms with Gasteiger partial charge in [0.25, 0.3) is 0 Å². The van der Waals surface area contributed by atoms with E-state index in [0.717, 1.165) is 4.88 Å². The fraction of sp³-hybridized carbons (Fsp3) is 0.214. The van der Waals surface area contributed by atoms with Crippen LogP contribution in [0.4, 0.5) is 5.69 Å². The molecule has 1 atom stereocenters. The Kier molecular flexibility index (Phi) is 9.40. The second-order valence-electron chi connectivity index (χ2n) is 8.30. The van der Waals surface area contributed by atoms with Gasteiger partial charge in [0.1, 0.15) is 22.5 Å². The average molecular weight is 589 g/mol. The molecular formula is C28H26Cl2N2O6S. The van der Waals surface area contributed by atoms with Crippen molar-refractivity contribution in [1.82, 2.24) is 4.98 Å². The van der Waals surface area contributed by atoms with Crippen LogP contribution in [0.2, 0.25) is 10.0 Å². The van der Waals surface area contributed by atoms with Crippen LogP contribution < -0.4 is 19.5 Å². The third kappa shape index (κ3) is 6.86. The zero-order chi connectivity index (χ0) is 27.9. The summed E-state index contributed by atoms with van der Waals surface area (Å²) in [5.74, 6) is 1.24. The van der Waals surface area contributed by atoms with E-state index in [2.05, 4.69) is 10.3 Å². The molecule has 4 aromatic rings. The Morgan fingerprint density at radius 1 is 0.974 bits per heavy atom. The van der Waals surface area contributed by atoms with Crippen molar-refractivity contribution >= 4 is 46.2 Å². The van der Waals surface area contributed by atoms with Crippen LogP contribution in [0.15, 0.2) is 60.9 Å². The van der Waals surface area contributed by atoms with Gasteiger partial charge in [-0.3, -0.25) is 4.98 Å². The van der Waals surface area contributed by atoms with Crippen LogP contribution >= 0.6 is 34.5 Å². The first-order valence-electron chi connectivity index (χ1n) is 11.7. The van der Waals surface area contributed by atoms with Crippen LogP contribution in [-0.4, -0.2) is 37.4 Å². The number of hydrogen-bond donors (Lipinski definition) is 2. The molecule has 0 unspecified atom stereocenters. The monoisotopic (exact) mass is 588 g/mol. The molecule has 0 amide bonds. The van der Waals surface area contributed by atoms with Gasteiger partial charge in [-0.05, 0) is 47.5 Å². The Morgan fingerprint density at radius 2 is 1.72 bits per heavy atom. The Balaban J connectivity index is 1.55. The molecule has 11 heteroatoms. The number of rotatable bonds is 11. The second-order valence-corrected chi connectivity index (χ2v) is 10.3. The number of anilines is 1. The minimum atomic E-state index is -0.730. The number of pyridine rings is 1. The molecule has 4 rings (SSSR count). The van der Waals surface area contributed by atoms with Gasteiger partial charge in [-0.1, -0.05) is 29.3 Å². The van der Waals surface area contributed by atoms with Crippen molar-refractivity contribution in [2.24, 2.45) is 0 Å². The topological polar surface area (TPSA) is 99.1 Å². The number of thiophene rings is 1. The summed E-state index contributed by atoms with van der Waals surface area (Å²) in [4.78, 5) is 18.6. The van der Waals surface area contributed by atoms with Gasteiger partial charge in [-0.15, -0.1) is 11.3 Å². The Labute approximate surface area is 240 Å². The van der Waals surface area contributed by atoms with E-state index >= 15 is 0 Å². The highest BCUT2D eigenvalue weighted by Gasteiger charge is 2.24. The van der Waals surface area contributed by atoms with Crippen molar-refractivity contribution < 1.29 is 28.8 Å². The molecule has 0 aliphatic rings. The van der Waals surface area contributed by atoms with Gasteiger partial charge in [-0.25, -0.2) is 4.79 Å². The van der Waals surface area contributed by atoms with Gasteiger partial charge in [0, 0.05) is 36.3 Å². The standard InChI is InChI=1S/C28H26Cl2N2O6S/c1-35-17-5-7-23(33)22(11-17)32-13-18-6-9-27(39-18)28(34)38-25(12-19-20(29)14-31-15-21(19)30)16-4-8-24(36-2)26(10-16)37-3/h4-11,14-15,25,32-33H,12-13H2,1-3H3/t25-/m0/s1. The molecule has 0 saturated heterocycles. The number of carbonyl (C=O) groups excluding carboxylic acids is 1. The number of aromatic hydroxyl groups is 1. The van der Waals surface area contributed by atoms with Crippen molar-refractivity contribution in [2.75, 3.05) is 26.6 Å². The second kappa shape index (κ2) is 12.9. The minimum Gasteiger partial charge on any atom is -0.506 e. The van der Waals surface area contributed by atoms with Crippen LogP contribution in [0, 0.1) is 0 Å². The number of phenols is 1. The maximum absolute atomic E-state index is 13.3. The predicted octanol–water partition coefficient (Wildman–Crippen LogP) is 6.93. The lowest BCUT2D eigenvalue weighted by Crippen LogP contribution is -2.14. The van der Waals surface area contributed by atoms with Crippen LogP contribution in [0.25, 0.3) is 0 Å². The molecule has 0 bridgehead atoms. The Hall–Kier alpha value is -3.66. The lowest BCUT2D eigenvalue weighted by molar-refractivity contribution is 0.0303. The highest BCUT2D eigenvalue weighted by atomic mass is 35.5. The summed E-state index contributed by atoms with van der Waals surface area (Å²) >= 11 is 14.0. The number of esters is 1. The number of benzene rings is 2. The predicted molar refractivity (Wildman–Crippen MR) is 152 cm³/mol. The summed E-state index contributed by atoms with van der Waals surface area (Å²) in [6.07, 6.45) is 2.48. The number of methoxy groups -OCH3 is 3. The average Bonchev–Trinajstić information content (AvgIpc) is 3.43. The Bertz CT molecular complexity index is 1440. The molecule has 8 nitrogen and oxygen atoms in total. The van der Waals surface area contributed by atoms with Crippen LogP contribution in [0.5, 0.6) is 23.0 Å². The lowest BCUT2D eigenvalue weighted by atomic mass is 10.0. The number of aromatic nitrogens is 1. The molecule has 0 fully saturated rings. The minimum absolute atomic E-state index is 0.0955. The SMILES string of the molecule is COc1ccc(O)c(NCc2ccc(C(=O)O[C@@H](Cc3c(Cl)cncc3Cl)c3ccc(OC)c(OC)c3)s2)c1. The number of phenolic OH excluding ortho intramolecular Hbond substituents is 1. The van der Waals surface area contributed by atoms with E-state index in [0.29, 0.717) is 55.5 Å². The summed E-state index contributed by atoms with van der Waals surface area (Å²) in [5.41, 5.74) is 1.80. The molecule has 2 aromatic heterocycles. The van der Waals surface area contributed by atoms with Gasteiger partial charge in [0.15, 0.2) is 11.5 Å². The molecule has 2 N–H and O–H groups in total. The molecule has 0 aliphatic heterocycles. The van der Waals surface area contributed by atoms with Crippen molar-refractivity contribution in [2.45, 2.75) is 19.1 Å². The summed E-state index contributed by atoms with van der Waals surface area (Å²) < 4.78 is 22.0. The largest absolute Gasteiger partial charge is 0.506 e. The van der Waals surface area contributed by atoms with E-state index in [1.165, 1.54) is 30.8 Å². The molecule has 0 aliphatic carbocycles. The number of hydrogen-bond acceptors (Lipinski definition) is 9. The fourth-order valence-electron chi connectivity index (χ4n) is 3.84. The molecule has 0 saturated carbocycles. The molecule has 2 heterocycles. The van der Waals surface area contributed by atoms with Gasteiger partial charge in [-0.2, -0.15) is 0 Å². The molecule has 2 aromatic carbocycles. The number of halogens is 2. The van der Waals surface area contributed by atoms with Gasteiger partial charge < -0.3 is 29.4 Å². The quantitative estimate of drug-likeness (QED) is 0.144. The van der Waals surface area contributed by atoms with Crippen molar-refractivity contribution in [3.05, 3.63) is 91.9 Å². The maximum Gasteiger partial charge on any atom is 0.348 e. The number of nitrogens with zero attached hydrogens (tertiary/aromatic N) is 1. The first kappa shape index (κ1) is 28.4. The third-order valence-electron chi connectivity index (χ3n) is 5.89. The van der Waals surface area contributed by atoms with Crippen LogP contribution in [-0.2, 0) is 17.7 Å². The lowest BCUT2D eigenvalue weighted by Gasteiger charge is -2.20. The Morgan fingerprint density at radius 3 is 2.41 bits per heavy atom. The van der Waals surface area contributed by atoms with E-state index < -0.39 is 12.1 Å². The summed E-state index contributed by atoms with van der Waals surface area (Å²) in [5, 5.41) is 14.0. The number of nitrogens with one attached hydrogen (secondary N) is 1. The van der Waals surface area contributed by atoms with E-state index in [9.17, 15) is 9.90 Å². The zero-order valence-electron chi connectivity index (χ0n) is 21.4. The van der Waals surface area contributed by atoms with Gasteiger partial charge in [0.2, 0.25) is 0 Å². The number of carbonyl (C=O) groups is 1. The van der Waals surface area contributed by atoms with Crippen molar-refractivity contribution in [1.29, 1.82) is 0 Å². The van der Waals surface area contributed by atoms with Crippen LogP contribution in [0.1, 0.15) is 31.8 Å². The first-order chi connectivity index (χ1) is 18.8. The molecule has 0 radical (unpaired) electrons. The van der Waals surface area contributed by atoms with Crippen LogP contribution in [0.3, 0.4) is 0 Å². The third-order valence-corrected chi connectivity index (χ3v) is 7.61. The van der Waals surface area contributed by atoms with Gasteiger partial charge >= 0.3 is 5.97 Å². The van der Waals surface area contributed by atoms with Crippen molar-refractivity contribution in [3.8, 4) is 23.0 Å². The maximum atomic E-state index is 13.3. The summed E-state index contributed by atoms with van der Waals surface area (Å²) in [7, 11) is 4.63. The highest BCUT2D eigenvalue weighted by molar-refractivity contribution is 7.13. The van der Waals surface area contributed by atoms with E-state index in [4.69, 9.17) is 42.1 Å². The van der Waals surface area contributed by atoms with E-state index in [1.807, 2.05) is 6.07 Å². The normalized spacial score (nSPS) is 11.5. The fourth-order valence-corrected chi connectivity index (χ4v) is 5.18. The zero-order valence-corrected chi connectivity index (χ0v) is 23.7. The summed E-state index contributed by atoms with van der Waals surface area (Å²) in [6, 6.07) is 13.7. The molecule has 0 spiro atoms. The first-order valence-corrected chi connectivity index (χ1v) is 13.3. The van der Waals surface area contributed by atoms with E-state index in [-0.39, 0.29) is 12.2 Å². The van der Waals surface area contributed by atoms with Gasteiger partial charge in [0.05, 0.1) is 37.1 Å². The van der Waals surface area contributed by atoms with Crippen molar-refractivity contribution in [3.63, 3.8) is 0 Å². The smallest absolute Gasteiger partial charge is 0.348 e. The molecular weight excluding hydrogens is 563 g/mol. The van der Waals surface area contributed by atoms with E-state index in [1.54, 1.807) is 56.7 Å². The summed E-state index contributed by atoms with van der Waals surface area (Å²) in [6.45, 7) is 0.389. The number of ether oxygens (including phenoxy) is 4. The molecule has 204 valence electrons. The molecule has 39 heavy (non-hydrogen) atoms.